The normalized spacial score (nSPS) is 12.1. The van der Waals surface area contributed by atoms with Crippen LogP contribution in [0.4, 0.5) is 0 Å². The topological polar surface area (TPSA) is 94.9 Å². The molecule has 0 saturated carbocycles. The molecule has 0 aliphatic carbocycles. The molecular weight excluding hydrogens is 318 g/mol. The van der Waals surface area contributed by atoms with Crippen molar-refractivity contribution in [1.82, 2.24) is 4.31 Å². The second-order valence-electron chi connectivity index (χ2n) is 4.73. The Labute approximate surface area is 129 Å². The van der Waals surface area contributed by atoms with Gasteiger partial charge in [0, 0.05) is 19.2 Å². The molecule has 0 aliphatic heterocycles. The summed E-state index contributed by atoms with van der Waals surface area (Å²) in [6.07, 6.45) is 0.318. The Kier molecular flexibility index (Phi) is 6.15. The van der Waals surface area contributed by atoms with Crippen LogP contribution in [0.2, 0.25) is 5.02 Å². The van der Waals surface area contributed by atoms with Gasteiger partial charge in [-0.15, -0.1) is 0 Å². The number of aliphatic hydroxyl groups excluding tert-OH is 1. The average molecular weight is 336 g/mol. The lowest BCUT2D eigenvalue weighted by Gasteiger charge is -2.25. The molecule has 0 unspecified atom stereocenters. The molecule has 0 heterocycles. The van der Waals surface area contributed by atoms with Crippen LogP contribution in [-0.2, 0) is 10.0 Å². The molecule has 2 N–H and O–H groups in total. The van der Waals surface area contributed by atoms with Crippen molar-refractivity contribution in [3.05, 3.63) is 28.8 Å². The van der Waals surface area contributed by atoms with E-state index in [0.717, 1.165) is 6.07 Å². The highest BCUT2D eigenvalue weighted by molar-refractivity contribution is 7.89. The number of rotatable bonds is 7. The second-order valence-corrected chi connectivity index (χ2v) is 7.03. The van der Waals surface area contributed by atoms with E-state index >= 15 is 0 Å². The van der Waals surface area contributed by atoms with Crippen molar-refractivity contribution in [2.45, 2.75) is 31.2 Å². The molecular formula is C13H18ClNO5S. The summed E-state index contributed by atoms with van der Waals surface area (Å²) < 4.78 is 26.3. The number of carboxylic acid groups (broad SMARTS) is 1. The lowest BCUT2D eigenvalue weighted by Crippen LogP contribution is -2.38. The number of aliphatic hydroxyl groups is 1. The number of nitrogens with zero attached hydrogens (tertiary/aromatic N) is 1. The molecule has 0 radical (unpaired) electrons. The Morgan fingerprint density at radius 2 is 2.00 bits per heavy atom. The van der Waals surface area contributed by atoms with Gasteiger partial charge in [-0.25, -0.2) is 13.2 Å². The molecule has 1 rings (SSSR count). The van der Waals surface area contributed by atoms with Crippen LogP contribution in [0.25, 0.3) is 0 Å². The monoisotopic (exact) mass is 335 g/mol. The Balaban J connectivity index is 3.22. The molecule has 8 heteroatoms. The van der Waals surface area contributed by atoms with Gasteiger partial charge in [-0.05, 0) is 38.5 Å². The average Bonchev–Trinajstić information content (AvgIpc) is 2.37. The highest BCUT2D eigenvalue weighted by atomic mass is 35.5. The van der Waals surface area contributed by atoms with Gasteiger partial charge < -0.3 is 10.2 Å². The highest BCUT2D eigenvalue weighted by Crippen LogP contribution is 2.24. The molecule has 118 valence electrons. The van der Waals surface area contributed by atoms with Crippen LogP contribution in [0.5, 0.6) is 0 Å². The van der Waals surface area contributed by atoms with Gasteiger partial charge in [-0.3, -0.25) is 0 Å². The maximum absolute atomic E-state index is 12.6. The van der Waals surface area contributed by atoms with E-state index in [9.17, 15) is 13.2 Å². The lowest BCUT2D eigenvalue weighted by atomic mass is 10.2. The van der Waals surface area contributed by atoms with Gasteiger partial charge in [0.15, 0.2) is 0 Å². The van der Waals surface area contributed by atoms with Crippen molar-refractivity contribution >= 4 is 27.6 Å². The third kappa shape index (κ3) is 4.16. The Morgan fingerprint density at radius 3 is 2.43 bits per heavy atom. The maximum atomic E-state index is 12.6. The molecule has 0 amide bonds. The largest absolute Gasteiger partial charge is 0.478 e. The molecule has 21 heavy (non-hydrogen) atoms. The Bertz CT molecular complexity index is 615. The number of aromatic carboxylic acids is 1. The number of sulfonamides is 1. The van der Waals surface area contributed by atoms with Crippen LogP contribution >= 0.6 is 11.6 Å². The standard InChI is InChI=1S/C13H18ClNO5S/c1-9(2)15(6-3-7-16)21(19,20)10-4-5-11(13(17)18)12(14)8-10/h4-5,8-9,16H,3,6-7H2,1-2H3,(H,17,18). The molecule has 0 atom stereocenters. The van der Waals surface area contributed by atoms with Crippen LogP contribution in [0, 0.1) is 0 Å². The minimum atomic E-state index is -3.79. The predicted molar refractivity (Wildman–Crippen MR) is 79.1 cm³/mol. The van der Waals surface area contributed by atoms with E-state index < -0.39 is 16.0 Å². The fourth-order valence-electron chi connectivity index (χ4n) is 1.85. The summed E-state index contributed by atoms with van der Waals surface area (Å²) in [5, 5.41) is 17.6. The molecule has 0 bridgehead atoms. The zero-order valence-corrected chi connectivity index (χ0v) is 13.4. The fourth-order valence-corrected chi connectivity index (χ4v) is 3.88. The molecule has 1 aromatic rings. The molecule has 0 aromatic heterocycles. The van der Waals surface area contributed by atoms with E-state index in [1.165, 1.54) is 16.4 Å². The number of hydrogen-bond acceptors (Lipinski definition) is 4. The third-order valence-corrected chi connectivity index (χ3v) is 5.27. The molecule has 0 fully saturated rings. The van der Waals surface area contributed by atoms with Crippen molar-refractivity contribution in [3.63, 3.8) is 0 Å². The Morgan fingerprint density at radius 1 is 1.38 bits per heavy atom. The summed E-state index contributed by atoms with van der Waals surface area (Å²) in [4.78, 5) is 10.8. The van der Waals surface area contributed by atoms with Gasteiger partial charge in [0.1, 0.15) is 0 Å². The van der Waals surface area contributed by atoms with Gasteiger partial charge in [-0.1, -0.05) is 11.6 Å². The zero-order valence-electron chi connectivity index (χ0n) is 11.8. The third-order valence-electron chi connectivity index (χ3n) is 2.89. The van der Waals surface area contributed by atoms with E-state index in [0.29, 0.717) is 6.42 Å². The van der Waals surface area contributed by atoms with Crippen LogP contribution in [0.3, 0.4) is 0 Å². The van der Waals surface area contributed by atoms with E-state index in [-0.39, 0.29) is 34.7 Å². The van der Waals surface area contributed by atoms with E-state index in [1.807, 2.05) is 0 Å². The van der Waals surface area contributed by atoms with Crippen LogP contribution in [0.1, 0.15) is 30.6 Å². The minimum absolute atomic E-state index is 0.0656. The van der Waals surface area contributed by atoms with Crippen molar-refractivity contribution in [1.29, 1.82) is 0 Å². The zero-order chi connectivity index (χ0) is 16.2. The quantitative estimate of drug-likeness (QED) is 0.792. The van der Waals surface area contributed by atoms with Crippen molar-refractivity contribution in [2.24, 2.45) is 0 Å². The summed E-state index contributed by atoms with van der Waals surface area (Å²) in [6, 6.07) is 3.23. The lowest BCUT2D eigenvalue weighted by molar-refractivity contribution is 0.0697. The van der Waals surface area contributed by atoms with Crippen molar-refractivity contribution in [2.75, 3.05) is 13.2 Å². The first-order chi connectivity index (χ1) is 9.71. The number of hydrogen-bond donors (Lipinski definition) is 2. The molecule has 0 aliphatic rings. The number of carbonyl (C=O) groups is 1. The number of benzene rings is 1. The summed E-state index contributed by atoms with van der Waals surface area (Å²) in [7, 11) is -3.79. The molecule has 6 nitrogen and oxygen atoms in total. The van der Waals surface area contributed by atoms with Gasteiger partial charge in [-0.2, -0.15) is 4.31 Å². The minimum Gasteiger partial charge on any atom is -0.478 e. The first kappa shape index (κ1) is 17.9. The van der Waals surface area contributed by atoms with Crippen LogP contribution in [-0.4, -0.2) is 48.1 Å². The fraction of sp³-hybridized carbons (Fsp3) is 0.462. The Hall–Kier alpha value is -1.15. The summed E-state index contributed by atoms with van der Waals surface area (Å²) in [5.41, 5.74) is -0.151. The second kappa shape index (κ2) is 7.22. The van der Waals surface area contributed by atoms with Gasteiger partial charge in [0.05, 0.1) is 15.5 Å². The highest BCUT2D eigenvalue weighted by Gasteiger charge is 2.27. The van der Waals surface area contributed by atoms with Gasteiger partial charge in [0.2, 0.25) is 10.0 Å². The van der Waals surface area contributed by atoms with E-state index in [2.05, 4.69) is 0 Å². The van der Waals surface area contributed by atoms with E-state index in [4.69, 9.17) is 21.8 Å². The van der Waals surface area contributed by atoms with E-state index in [1.54, 1.807) is 13.8 Å². The first-order valence-corrected chi connectivity index (χ1v) is 8.19. The molecule has 0 saturated heterocycles. The summed E-state index contributed by atoms with van der Waals surface area (Å²) in [6.45, 7) is 3.51. The summed E-state index contributed by atoms with van der Waals surface area (Å²) >= 11 is 5.82. The maximum Gasteiger partial charge on any atom is 0.337 e. The predicted octanol–water partition coefficient (Wildman–Crippen LogP) is 1.82. The SMILES string of the molecule is CC(C)N(CCCO)S(=O)(=O)c1ccc(C(=O)O)c(Cl)c1. The first-order valence-electron chi connectivity index (χ1n) is 6.37. The molecule has 1 aromatic carbocycles. The smallest absolute Gasteiger partial charge is 0.337 e. The van der Waals surface area contributed by atoms with Gasteiger partial charge >= 0.3 is 5.97 Å². The van der Waals surface area contributed by atoms with Crippen molar-refractivity contribution < 1.29 is 23.4 Å². The number of carboxylic acids is 1. The van der Waals surface area contributed by atoms with Crippen LogP contribution in [0.15, 0.2) is 23.1 Å². The van der Waals surface area contributed by atoms with Crippen molar-refractivity contribution in [3.8, 4) is 0 Å². The van der Waals surface area contributed by atoms with Crippen LogP contribution < -0.4 is 0 Å². The summed E-state index contributed by atoms with van der Waals surface area (Å²) in [5.74, 6) is -1.22. The number of halogens is 1. The molecule has 0 spiro atoms. The van der Waals surface area contributed by atoms with Gasteiger partial charge in [0.25, 0.3) is 0 Å².